The van der Waals surface area contributed by atoms with Crippen molar-refractivity contribution in [2.75, 3.05) is 19.5 Å². The van der Waals surface area contributed by atoms with Gasteiger partial charge in [0.15, 0.2) is 5.90 Å². The second-order valence-electron chi connectivity index (χ2n) is 6.57. The lowest BCUT2D eigenvalue weighted by atomic mass is 9.75. The first-order valence-corrected chi connectivity index (χ1v) is 10.4. The van der Waals surface area contributed by atoms with Crippen molar-refractivity contribution in [1.29, 1.82) is 0 Å². The fourth-order valence-electron chi connectivity index (χ4n) is 3.27. The average molecular weight is 373 g/mol. The first-order chi connectivity index (χ1) is 12.3. The zero-order chi connectivity index (χ0) is 18.8. The van der Waals surface area contributed by atoms with E-state index in [-0.39, 0.29) is 12.6 Å². The highest BCUT2D eigenvalue weighted by Gasteiger charge is 2.43. The third-order valence-electron chi connectivity index (χ3n) is 4.53. The van der Waals surface area contributed by atoms with Crippen molar-refractivity contribution in [1.82, 2.24) is 0 Å². The predicted molar refractivity (Wildman–Crippen MR) is 102 cm³/mol. The van der Waals surface area contributed by atoms with Crippen LogP contribution < -0.4 is 0 Å². The molecule has 2 atom stereocenters. The molecule has 0 saturated heterocycles. The van der Waals surface area contributed by atoms with Crippen molar-refractivity contribution >= 4 is 16.0 Å². The van der Waals surface area contributed by atoms with Crippen molar-refractivity contribution in [2.24, 2.45) is 4.99 Å². The van der Waals surface area contributed by atoms with Crippen molar-refractivity contribution in [3.05, 3.63) is 71.3 Å². The summed E-state index contributed by atoms with van der Waals surface area (Å²) in [4.78, 5) is 4.86. The fraction of sp³-hybridized carbons (Fsp3) is 0.350. The highest BCUT2D eigenvalue weighted by Crippen LogP contribution is 2.41. The summed E-state index contributed by atoms with van der Waals surface area (Å²) in [6.07, 6.45) is 1.05. The molecule has 2 unspecified atom stereocenters. The third kappa shape index (κ3) is 3.66. The maximum absolute atomic E-state index is 11.6. The van der Waals surface area contributed by atoms with E-state index in [1.54, 1.807) is 0 Å². The lowest BCUT2D eigenvalue weighted by Gasteiger charge is -2.37. The first-order valence-electron chi connectivity index (χ1n) is 8.55. The van der Waals surface area contributed by atoms with Crippen LogP contribution in [-0.2, 0) is 24.5 Å². The van der Waals surface area contributed by atoms with E-state index < -0.39 is 15.5 Å². The van der Waals surface area contributed by atoms with Crippen LogP contribution in [0.15, 0.2) is 59.6 Å². The van der Waals surface area contributed by atoms with Crippen molar-refractivity contribution < 1.29 is 17.3 Å². The summed E-state index contributed by atoms with van der Waals surface area (Å²) in [6.45, 7) is 4.19. The van der Waals surface area contributed by atoms with Gasteiger partial charge in [0.2, 0.25) is 0 Å². The Morgan fingerprint density at radius 1 is 1.08 bits per heavy atom. The highest BCUT2D eigenvalue weighted by molar-refractivity contribution is 7.85. The zero-order valence-corrected chi connectivity index (χ0v) is 16.0. The van der Waals surface area contributed by atoms with Crippen molar-refractivity contribution in [3.8, 4) is 0 Å². The first kappa shape index (κ1) is 18.6. The van der Waals surface area contributed by atoms with Crippen LogP contribution in [0.2, 0.25) is 0 Å². The number of rotatable bonds is 5. The van der Waals surface area contributed by atoms with Gasteiger partial charge in [-0.25, -0.2) is 4.99 Å². The van der Waals surface area contributed by atoms with Crippen LogP contribution in [0.25, 0.3) is 0 Å². The Morgan fingerprint density at radius 2 is 1.73 bits per heavy atom. The summed E-state index contributed by atoms with van der Waals surface area (Å²) < 4.78 is 34.2. The minimum atomic E-state index is -3.58. The molecule has 1 aliphatic rings. The summed E-state index contributed by atoms with van der Waals surface area (Å²) in [7, 11) is -3.58. The minimum Gasteiger partial charge on any atom is -0.481 e. The predicted octanol–water partition coefficient (Wildman–Crippen LogP) is 3.46. The molecule has 0 fully saturated rings. The molecule has 0 amide bonds. The standard InChI is InChI=1S/C20H23NO4S/c1-4-24-19-20(2,14-25-26(3,22)23)17-13-9-8-12-16(17)18(21-19)15-10-6-5-7-11-15/h5-13,18H,4,14H2,1-3H3. The van der Waals surface area contributed by atoms with Crippen LogP contribution in [0.5, 0.6) is 0 Å². The summed E-state index contributed by atoms with van der Waals surface area (Å²) >= 11 is 0. The van der Waals surface area contributed by atoms with Crippen LogP contribution in [0.3, 0.4) is 0 Å². The Bertz CT molecular complexity index is 908. The Balaban J connectivity index is 2.14. The molecule has 26 heavy (non-hydrogen) atoms. The van der Waals surface area contributed by atoms with Gasteiger partial charge < -0.3 is 4.74 Å². The number of hydrogen-bond acceptors (Lipinski definition) is 5. The van der Waals surface area contributed by atoms with Gasteiger partial charge in [0.25, 0.3) is 10.1 Å². The summed E-state index contributed by atoms with van der Waals surface area (Å²) in [5, 5.41) is 0. The van der Waals surface area contributed by atoms with E-state index in [1.807, 2.05) is 68.4 Å². The number of ether oxygens (including phenoxy) is 1. The van der Waals surface area contributed by atoms with Gasteiger partial charge in [-0.05, 0) is 30.5 Å². The van der Waals surface area contributed by atoms with Crippen LogP contribution in [0, 0.1) is 0 Å². The van der Waals surface area contributed by atoms with Gasteiger partial charge in [0.05, 0.1) is 24.9 Å². The van der Waals surface area contributed by atoms with E-state index in [0.29, 0.717) is 12.5 Å². The average Bonchev–Trinajstić information content (AvgIpc) is 2.63. The smallest absolute Gasteiger partial charge is 0.264 e. The van der Waals surface area contributed by atoms with Crippen LogP contribution >= 0.6 is 0 Å². The SMILES string of the molecule is CCOC1=NC(c2ccccc2)c2ccccc2C1(C)COS(C)(=O)=O. The molecule has 2 aromatic rings. The van der Waals surface area contributed by atoms with E-state index in [0.717, 1.165) is 22.9 Å². The van der Waals surface area contributed by atoms with E-state index in [9.17, 15) is 8.42 Å². The van der Waals surface area contributed by atoms with Gasteiger partial charge in [-0.15, -0.1) is 0 Å². The largest absolute Gasteiger partial charge is 0.481 e. The molecule has 0 aromatic heterocycles. The Labute approximate surface area is 154 Å². The molecule has 0 N–H and O–H groups in total. The van der Waals surface area contributed by atoms with Gasteiger partial charge >= 0.3 is 0 Å². The third-order valence-corrected chi connectivity index (χ3v) is 5.07. The molecular formula is C20H23NO4S. The lowest BCUT2D eigenvalue weighted by molar-refractivity contribution is 0.225. The number of benzene rings is 2. The normalized spacial score (nSPS) is 22.4. The molecule has 3 rings (SSSR count). The van der Waals surface area contributed by atoms with E-state index in [2.05, 4.69) is 0 Å². The van der Waals surface area contributed by atoms with Gasteiger partial charge in [-0.3, -0.25) is 4.18 Å². The topological polar surface area (TPSA) is 65.0 Å². The number of fused-ring (bicyclic) bond motifs is 1. The van der Waals surface area contributed by atoms with E-state index >= 15 is 0 Å². The lowest BCUT2D eigenvalue weighted by Crippen LogP contribution is -2.43. The molecule has 5 nitrogen and oxygen atoms in total. The van der Waals surface area contributed by atoms with Gasteiger partial charge in [0, 0.05) is 0 Å². The summed E-state index contributed by atoms with van der Waals surface area (Å²) in [5.41, 5.74) is 2.28. The molecule has 0 bridgehead atoms. The monoisotopic (exact) mass is 373 g/mol. The van der Waals surface area contributed by atoms with Crippen molar-refractivity contribution in [2.45, 2.75) is 25.3 Å². The van der Waals surface area contributed by atoms with E-state index in [4.69, 9.17) is 13.9 Å². The summed E-state index contributed by atoms with van der Waals surface area (Å²) in [5.74, 6) is 0.496. The van der Waals surface area contributed by atoms with Crippen LogP contribution in [0.1, 0.15) is 36.6 Å². The van der Waals surface area contributed by atoms with Gasteiger partial charge in [0.1, 0.15) is 6.04 Å². The van der Waals surface area contributed by atoms with Crippen molar-refractivity contribution in [3.63, 3.8) is 0 Å². The quantitative estimate of drug-likeness (QED) is 0.753. The Morgan fingerprint density at radius 3 is 2.38 bits per heavy atom. The molecule has 0 saturated carbocycles. The second-order valence-corrected chi connectivity index (χ2v) is 8.21. The molecule has 6 heteroatoms. The summed E-state index contributed by atoms with van der Waals surface area (Å²) in [6, 6.07) is 17.7. The van der Waals surface area contributed by atoms with Gasteiger partial charge in [-0.2, -0.15) is 8.42 Å². The number of nitrogens with zero attached hydrogens (tertiary/aromatic N) is 1. The molecule has 1 aliphatic heterocycles. The second kappa shape index (κ2) is 7.21. The molecule has 0 spiro atoms. The molecule has 138 valence electrons. The van der Waals surface area contributed by atoms with Crippen LogP contribution in [-0.4, -0.2) is 33.8 Å². The molecular weight excluding hydrogens is 350 g/mol. The molecule has 0 radical (unpaired) electrons. The minimum absolute atomic E-state index is 0.0524. The van der Waals surface area contributed by atoms with Gasteiger partial charge in [-0.1, -0.05) is 54.6 Å². The molecule has 2 aromatic carbocycles. The Hall–Kier alpha value is -2.18. The Kier molecular flexibility index (Phi) is 5.16. The highest BCUT2D eigenvalue weighted by atomic mass is 32.2. The maximum atomic E-state index is 11.6. The molecule has 1 heterocycles. The number of aliphatic imine (C=N–C) groups is 1. The number of hydrogen-bond donors (Lipinski definition) is 0. The molecule has 0 aliphatic carbocycles. The van der Waals surface area contributed by atoms with E-state index in [1.165, 1.54) is 0 Å². The maximum Gasteiger partial charge on any atom is 0.264 e. The fourth-order valence-corrected chi connectivity index (χ4v) is 3.72. The zero-order valence-electron chi connectivity index (χ0n) is 15.2. The van der Waals surface area contributed by atoms with Crippen LogP contribution in [0.4, 0.5) is 0 Å².